The molecule has 0 aliphatic heterocycles. The van der Waals surface area contributed by atoms with Gasteiger partial charge in [-0.25, -0.2) is 9.78 Å². The van der Waals surface area contributed by atoms with Crippen LogP contribution in [0.1, 0.15) is 26.3 Å². The number of ether oxygens (including phenoxy) is 3. The second-order valence-electron chi connectivity index (χ2n) is 9.29. The van der Waals surface area contributed by atoms with Crippen molar-refractivity contribution in [1.82, 2.24) is 9.66 Å². The second kappa shape index (κ2) is 12.7. The van der Waals surface area contributed by atoms with Crippen molar-refractivity contribution >= 4 is 77.5 Å². The van der Waals surface area contributed by atoms with Crippen LogP contribution in [0.3, 0.4) is 0 Å². The summed E-state index contributed by atoms with van der Waals surface area (Å²) in [5.41, 5.74) is 1.24. The third-order valence-electron chi connectivity index (χ3n) is 5.92. The molecular weight excluding hydrogens is 694 g/mol. The molecule has 0 saturated carbocycles. The molecule has 0 radical (unpaired) electrons. The topological polar surface area (TPSA) is 105 Å². The molecule has 0 aliphatic rings. The van der Waals surface area contributed by atoms with E-state index in [1.54, 1.807) is 51.1 Å². The summed E-state index contributed by atoms with van der Waals surface area (Å²) in [6.45, 7) is 5.25. The number of furan rings is 1. The summed E-state index contributed by atoms with van der Waals surface area (Å²) in [4.78, 5) is 30.4. The first-order valence-electron chi connectivity index (χ1n) is 12.9. The number of para-hydroxylation sites is 1. The quantitative estimate of drug-likeness (QED) is 0.114. The molecule has 0 saturated heterocycles. The van der Waals surface area contributed by atoms with Crippen molar-refractivity contribution in [2.45, 2.75) is 26.9 Å². The SMILES string of the molecule is CCOc1cc(C=Nn2c(-c3cc4cc(Br)ccc4o3)nc3ccccc3c2=O)c(Br)c(Cl)c1OCC(=O)OC(C)C. The van der Waals surface area contributed by atoms with Crippen LogP contribution < -0.4 is 15.0 Å². The molecule has 0 amide bonds. The number of nitrogens with zero attached hydrogens (tertiary/aromatic N) is 3. The first kappa shape index (κ1) is 29.8. The van der Waals surface area contributed by atoms with Crippen molar-refractivity contribution < 1.29 is 23.4 Å². The molecule has 9 nitrogen and oxygen atoms in total. The fraction of sp³-hybridized carbons (Fsp3) is 0.200. The van der Waals surface area contributed by atoms with Crippen LogP contribution in [0.4, 0.5) is 0 Å². The van der Waals surface area contributed by atoms with E-state index in [1.807, 2.05) is 24.3 Å². The molecular formula is C30H24Br2ClN3O6. The Morgan fingerprint density at radius 1 is 1.14 bits per heavy atom. The lowest BCUT2D eigenvalue weighted by Gasteiger charge is -2.16. The highest BCUT2D eigenvalue weighted by atomic mass is 79.9. The Bertz CT molecular complexity index is 1900. The van der Waals surface area contributed by atoms with Crippen molar-refractivity contribution in [2.24, 2.45) is 5.10 Å². The Balaban J connectivity index is 1.60. The van der Waals surface area contributed by atoms with Gasteiger partial charge in [-0.15, -0.1) is 0 Å². The van der Waals surface area contributed by atoms with Crippen LogP contribution in [0.5, 0.6) is 11.5 Å². The van der Waals surface area contributed by atoms with Gasteiger partial charge in [0.05, 0.1) is 29.8 Å². The number of rotatable bonds is 9. The van der Waals surface area contributed by atoms with Crippen LogP contribution >= 0.6 is 43.5 Å². The summed E-state index contributed by atoms with van der Waals surface area (Å²) < 4.78 is 25.1. The molecule has 12 heteroatoms. The molecule has 0 aliphatic carbocycles. The van der Waals surface area contributed by atoms with Gasteiger partial charge in [0.25, 0.3) is 5.56 Å². The second-order valence-corrected chi connectivity index (χ2v) is 11.4. The molecule has 2 aromatic heterocycles. The molecule has 0 atom stereocenters. The van der Waals surface area contributed by atoms with Gasteiger partial charge in [0.15, 0.2) is 23.9 Å². The van der Waals surface area contributed by atoms with E-state index in [4.69, 9.17) is 35.2 Å². The third-order valence-corrected chi connectivity index (χ3v) is 7.86. The highest BCUT2D eigenvalue weighted by Gasteiger charge is 2.20. The number of benzene rings is 3. The Morgan fingerprint density at radius 2 is 1.93 bits per heavy atom. The monoisotopic (exact) mass is 715 g/mol. The molecule has 0 N–H and O–H groups in total. The molecule has 0 unspecified atom stereocenters. The standard InChI is InChI=1S/C30H24Br2ClN3O6/c1-4-39-23-13-18(26(32)27(33)28(23)40-15-25(37)41-16(2)3)14-34-36-29(35-21-8-6-5-7-20(21)30(36)38)24-12-17-11-19(31)9-10-22(17)42-24/h5-14,16H,4,15H2,1-3H3. The number of carbonyl (C=O) groups excluding carboxylic acids is 1. The van der Waals surface area contributed by atoms with Crippen LogP contribution in [0.2, 0.25) is 5.02 Å². The van der Waals surface area contributed by atoms with E-state index in [9.17, 15) is 9.59 Å². The van der Waals surface area contributed by atoms with Crippen LogP contribution in [0, 0.1) is 0 Å². The predicted molar refractivity (Wildman–Crippen MR) is 169 cm³/mol. The average Bonchev–Trinajstić information content (AvgIpc) is 3.37. The summed E-state index contributed by atoms with van der Waals surface area (Å²) >= 11 is 13.6. The summed E-state index contributed by atoms with van der Waals surface area (Å²) in [5.74, 6) is 0.503. The number of aromatic nitrogens is 2. The fourth-order valence-electron chi connectivity index (χ4n) is 4.16. The largest absolute Gasteiger partial charge is 0.490 e. The lowest BCUT2D eigenvalue weighted by atomic mass is 10.2. The Kier molecular flexibility index (Phi) is 9.00. The Morgan fingerprint density at radius 3 is 2.69 bits per heavy atom. The average molecular weight is 718 g/mol. The van der Waals surface area contributed by atoms with Gasteiger partial charge in [0.2, 0.25) is 5.82 Å². The van der Waals surface area contributed by atoms with E-state index in [-0.39, 0.29) is 40.6 Å². The number of fused-ring (bicyclic) bond motifs is 2. The molecule has 216 valence electrons. The van der Waals surface area contributed by atoms with Gasteiger partial charge in [0.1, 0.15) is 10.6 Å². The minimum absolute atomic E-state index is 0.159. The van der Waals surface area contributed by atoms with Crippen LogP contribution in [-0.4, -0.2) is 41.2 Å². The van der Waals surface area contributed by atoms with Gasteiger partial charge in [-0.3, -0.25) is 4.79 Å². The van der Waals surface area contributed by atoms with E-state index in [0.717, 1.165) is 9.86 Å². The first-order valence-corrected chi connectivity index (χ1v) is 14.8. The number of hydrogen-bond acceptors (Lipinski definition) is 8. The lowest BCUT2D eigenvalue weighted by Crippen LogP contribution is -2.20. The maximum Gasteiger partial charge on any atom is 0.344 e. The zero-order valence-electron chi connectivity index (χ0n) is 22.7. The van der Waals surface area contributed by atoms with Gasteiger partial charge >= 0.3 is 5.97 Å². The summed E-state index contributed by atoms with van der Waals surface area (Å²) in [6, 6.07) is 16.1. The van der Waals surface area contributed by atoms with E-state index in [0.29, 0.717) is 38.9 Å². The van der Waals surface area contributed by atoms with E-state index in [2.05, 4.69) is 37.0 Å². The molecule has 42 heavy (non-hydrogen) atoms. The predicted octanol–water partition coefficient (Wildman–Crippen LogP) is 7.60. The van der Waals surface area contributed by atoms with E-state index in [1.165, 1.54) is 10.9 Å². The van der Waals surface area contributed by atoms with Gasteiger partial charge in [-0.1, -0.05) is 39.7 Å². The minimum atomic E-state index is -0.543. The zero-order valence-corrected chi connectivity index (χ0v) is 26.6. The van der Waals surface area contributed by atoms with Crippen LogP contribution in [0.15, 0.2) is 77.9 Å². The zero-order chi connectivity index (χ0) is 30.0. The third kappa shape index (κ3) is 6.23. The summed E-state index contributed by atoms with van der Waals surface area (Å²) in [7, 11) is 0. The first-order chi connectivity index (χ1) is 20.2. The highest BCUT2D eigenvalue weighted by Crippen LogP contribution is 2.42. The van der Waals surface area contributed by atoms with Gasteiger partial charge < -0.3 is 18.6 Å². The highest BCUT2D eigenvalue weighted by molar-refractivity contribution is 9.10. The van der Waals surface area contributed by atoms with Crippen molar-refractivity contribution in [3.63, 3.8) is 0 Å². The fourth-order valence-corrected chi connectivity index (χ4v) is 5.19. The summed E-state index contributed by atoms with van der Waals surface area (Å²) in [5, 5.41) is 5.90. The number of carbonyl (C=O) groups is 1. The van der Waals surface area contributed by atoms with E-state index >= 15 is 0 Å². The Labute approximate surface area is 262 Å². The van der Waals surface area contributed by atoms with Gasteiger partial charge in [-0.05, 0) is 79.2 Å². The molecule has 5 rings (SSSR count). The van der Waals surface area contributed by atoms with E-state index < -0.39 is 5.97 Å². The molecule has 2 heterocycles. The maximum absolute atomic E-state index is 13.6. The van der Waals surface area contributed by atoms with Crippen LogP contribution in [0.25, 0.3) is 33.5 Å². The molecule has 0 spiro atoms. The smallest absolute Gasteiger partial charge is 0.344 e. The van der Waals surface area contributed by atoms with Gasteiger partial charge in [-0.2, -0.15) is 9.78 Å². The molecule has 5 aromatic rings. The number of hydrogen-bond donors (Lipinski definition) is 0. The molecule has 0 fully saturated rings. The lowest BCUT2D eigenvalue weighted by molar-refractivity contribution is -0.149. The van der Waals surface area contributed by atoms with Crippen molar-refractivity contribution in [2.75, 3.05) is 13.2 Å². The molecule has 0 bridgehead atoms. The number of halogens is 3. The van der Waals surface area contributed by atoms with Gasteiger partial charge in [0, 0.05) is 19.9 Å². The minimum Gasteiger partial charge on any atom is -0.490 e. The van der Waals surface area contributed by atoms with Crippen LogP contribution in [-0.2, 0) is 9.53 Å². The van der Waals surface area contributed by atoms with Crippen molar-refractivity contribution in [1.29, 1.82) is 0 Å². The molecule has 3 aromatic carbocycles. The van der Waals surface area contributed by atoms with Crippen molar-refractivity contribution in [3.05, 3.63) is 84.5 Å². The normalized spacial score (nSPS) is 11.6. The Hall–Kier alpha value is -3.67. The maximum atomic E-state index is 13.6. The van der Waals surface area contributed by atoms with Crippen molar-refractivity contribution in [3.8, 4) is 23.1 Å². The number of esters is 1. The summed E-state index contributed by atoms with van der Waals surface area (Å²) in [6.07, 6.45) is 1.17.